The van der Waals surface area contributed by atoms with E-state index in [1.807, 2.05) is 0 Å². The van der Waals surface area contributed by atoms with Gasteiger partial charge in [0.05, 0.1) is 5.60 Å². The molecule has 1 unspecified atom stereocenters. The molecule has 0 aromatic rings. The summed E-state index contributed by atoms with van der Waals surface area (Å²) in [6.07, 6.45) is 9.77. The number of hydrogen-bond acceptors (Lipinski definition) is 1. The molecule has 0 spiro atoms. The molecule has 3 fully saturated rings. The van der Waals surface area contributed by atoms with Crippen LogP contribution in [0.1, 0.15) is 6.92 Å². The standard InChI is InChI=1S/C14H16O/c1-14(15)12-8-4-2-6-7-3-5-9(8)13(14)11(7)10(6)12/h2-13,15H,1H3/t6-,7+,8+,9-,10-,11+,12-,13+,14?. The van der Waals surface area contributed by atoms with Crippen molar-refractivity contribution in [2.45, 2.75) is 12.5 Å². The van der Waals surface area contributed by atoms with Crippen LogP contribution in [0.15, 0.2) is 24.3 Å². The molecule has 15 heavy (non-hydrogen) atoms. The molecule has 0 aliphatic heterocycles. The fourth-order valence-corrected chi connectivity index (χ4v) is 6.13. The van der Waals surface area contributed by atoms with Gasteiger partial charge in [0.2, 0.25) is 0 Å². The lowest BCUT2D eigenvalue weighted by atomic mass is 9.44. The predicted octanol–water partition coefficient (Wildman–Crippen LogP) is 1.85. The lowest BCUT2D eigenvalue weighted by Gasteiger charge is -2.60. The van der Waals surface area contributed by atoms with Crippen LogP contribution in [0.4, 0.5) is 0 Å². The Morgan fingerprint density at radius 2 is 1.20 bits per heavy atom. The summed E-state index contributed by atoms with van der Waals surface area (Å²) in [4.78, 5) is 0. The van der Waals surface area contributed by atoms with Crippen molar-refractivity contribution in [3.8, 4) is 0 Å². The van der Waals surface area contributed by atoms with Crippen molar-refractivity contribution in [2.24, 2.45) is 47.3 Å². The van der Waals surface area contributed by atoms with Crippen molar-refractivity contribution in [1.82, 2.24) is 0 Å². The topological polar surface area (TPSA) is 20.2 Å². The fourth-order valence-electron chi connectivity index (χ4n) is 6.13. The summed E-state index contributed by atoms with van der Waals surface area (Å²) in [5.74, 6) is 5.65. The molecule has 0 aromatic heterocycles. The van der Waals surface area contributed by atoms with E-state index in [0.717, 1.165) is 23.7 Å². The summed E-state index contributed by atoms with van der Waals surface area (Å²) < 4.78 is 0. The fraction of sp³-hybridized carbons (Fsp3) is 0.714. The summed E-state index contributed by atoms with van der Waals surface area (Å²) in [7, 11) is 0. The highest BCUT2D eigenvalue weighted by molar-refractivity contribution is 5.37. The molecule has 5 rings (SSSR count). The first-order valence-corrected chi connectivity index (χ1v) is 6.30. The van der Waals surface area contributed by atoms with Crippen LogP contribution in [0.3, 0.4) is 0 Å². The maximum Gasteiger partial charge on any atom is 0.0693 e. The molecule has 1 heteroatoms. The second-order valence-corrected chi connectivity index (χ2v) is 6.51. The minimum Gasteiger partial charge on any atom is -0.390 e. The molecule has 2 bridgehead atoms. The van der Waals surface area contributed by atoms with E-state index in [2.05, 4.69) is 31.2 Å². The lowest BCUT2D eigenvalue weighted by molar-refractivity contribution is -0.0558. The van der Waals surface area contributed by atoms with Crippen molar-refractivity contribution in [1.29, 1.82) is 0 Å². The van der Waals surface area contributed by atoms with Crippen LogP contribution in [0.5, 0.6) is 0 Å². The number of allylic oxidation sites excluding steroid dienone is 4. The predicted molar refractivity (Wildman–Crippen MR) is 56.8 cm³/mol. The Kier molecular flexibility index (Phi) is 0.951. The van der Waals surface area contributed by atoms with Gasteiger partial charge in [-0.1, -0.05) is 24.3 Å². The zero-order valence-electron chi connectivity index (χ0n) is 8.88. The molecular weight excluding hydrogens is 184 g/mol. The average Bonchev–Trinajstić information content (AvgIpc) is 2.50. The van der Waals surface area contributed by atoms with E-state index in [-0.39, 0.29) is 5.60 Å². The van der Waals surface area contributed by atoms with Gasteiger partial charge in [-0.3, -0.25) is 0 Å². The van der Waals surface area contributed by atoms with Gasteiger partial charge in [-0.15, -0.1) is 0 Å². The third kappa shape index (κ3) is 0.533. The van der Waals surface area contributed by atoms with Gasteiger partial charge in [0.25, 0.3) is 0 Å². The van der Waals surface area contributed by atoms with Crippen LogP contribution in [0, 0.1) is 47.3 Å². The Labute approximate surface area is 89.9 Å². The zero-order chi connectivity index (χ0) is 9.95. The van der Waals surface area contributed by atoms with E-state index in [1.54, 1.807) is 0 Å². The zero-order valence-corrected chi connectivity index (χ0v) is 8.88. The van der Waals surface area contributed by atoms with Crippen molar-refractivity contribution in [3.05, 3.63) is 24.3 Å². The Hall–Kier alpha value is -0.560. The first-order chi connectivity index (χ1) is 7.21. The largest absolute Gasteiger partial charge is 0.390 e. The summed E-state index contributed by atoms with van der Waals surface area (Å²) in [6, 6.07) is 0. The van der Waals surface area contributed by atoms with Crippen molar-refractivity contribution in [2.75, 3.05) is 0 Å². The van der Waals surface area contributed by atoms with Gasteiger partial charge in [0.15, 0.2) is 0 Å². The third-order valence-corrected chi connectivity index (χ3v) is 6.34. The highest BCUT2D eigenvalue weighted by atomic mass is 16.3. The van der Waals surface area contributed by atoms with Gasteiger partial charge in [0, 0.05) is 0 Å². The molecule has 5 aliphatic rings. The maximum atomic E-state index is 10.8. The van der Waals surface area contributed by atoms with Crippen LogP contribution in [-0.2, 0) is 0 Å². The van der Waals surface area contributed by atoms with E-state index in [0.29, 0.717) is 23.7 Å². The Morgan fingerprint density at radius 3 is 1.67 bits per heavy atom. The smallest absolute Gasteiger partial charge is 0.0693 e. The Balaban J connectivity index is 1.86. The molecular formula is C14H16O. The van der Waals surface area contributed by atoms with Gasteiger partial charge in [-0.25, -0.2) is 0 Å². The summed E-state index contributed by atoms with van der Waals surface area (Å²) in [5.41, 5.74) is -0.368. The Morgan fingerprint density at radius 1 is 0.800 bits per heavy atom. The van der Waals surface area contributed by atoms with Crippen molar-refractivity contribution >= 4 is 0 Å². The quantitative estimate of drug-likeness (QED) is 0.592. The van der Waals surface area contributed by atoms with Gasteiger partial charge in [-0.05, 0) is 54.3 Å². The van der Waals surface area contributed by atoms with Gasteiger partial charge >= 0.3 is 0 Å². The SMILES string of the molecule is CC1(O)[C@@H]2[C@H]3C=C[C@@H]4[C@@H]5C=C[C@H]3[C@H]1[C@@H]5[C@@H]42. The van der Waals surface area contributed by atoms with Crippen molar-refractivity contribution in [3.63, 3.8) is 0 Å². The van der Waals surface area contributed by atoms with Crippen LogP contribution in [-0.4, -0.2) is 10.7 Å². The maximum absolute atomic E-state index is 10.8. The number of aliphatic hydroxyl groups is 1. The molecule has 0 radical (unpaired) electrons. The molecule has 0 amide bonds. The summed E-state index contributed by atoms with van der Waals surface area (Å²) in [6.45, 7) is 2.11. The minimum atomic E-state index is -0.368. The summed E-state index contributed by atoms with van der Waals surface area (Å²) in [5, 5.41) is 10.8. The summed E-state index contributed by atoms with van der Waals surface area (Å²) >= 11 is 0. The second kappa shape index (κ2) is 1.86. The normalized spacial score (nSPS) is 75.1. The molecule has 0 aromatic carbocycles. The first kappa shape index (κ1) is 7.67. The average molecular weight is 200 g/mol. The first-order valence-electron chi connectivity index (χ1n) is 6.30. The van der Waals surface area contributed by atoms with Gasteiger partial charge in [0.1, 0.15) is 0 Å². The van der Waals surface area contributed by atoms with E-state index in [4.69, 9.17) is 0 Å². The number of fused-ring (bicyclic) bond motifs is 2. The number of hydrogen-bond donors (Lipinski definition) is 1. The van der Waals surface area contributed by atoms with Crippen LogP contribution in [0.25, 0.3) is 0 Å². The third-order valence-electron chi connectivity index (χ3n) is 6.34. The molecule has 78 valence electrons. The van der Waals surface area contributed by atoms with E-state index in [9.17, 15) is 5.11 Å². The van der Waals surface area contributed by atoms with E-state index < -0.39 is 0 Å². The molecule has 0 saturated heterocycles. The van der Waals surface area contributed by atoms with Crippen molar-refractivity contribution < 1.29 is 5.11 Å². The number of rotatable bonds is 0. The molecule has 1 nitrogen and oxygen atoms in total. The van der Waals surface area contributed by atoms with Crippen LogP contribution < -0.4 is 0 Å². The molecule has 0 heterocycles. The highest BCUT2D eigenvalue weighted by Gasteiger charge is 2.76. The molecule has 1 N–H and O–H groups in total. The van der Waals surface area contributed by atoms with Crippen LogP contribution >= 0.6 is 0 Å². The Bertz CT molecular complexity index is 381. The molecule has 5 aliphatic carbocycles. The molecule has 9 atom stereocenters. The highest BCUT2D eigenvalue weighted by Crippen LogP contribution is 2.77. The van der Waals surface area contributed by atoms with Gasteiger partial charge < -0.3 is 5.11 Å². The second-order valence-electron chi connectivity index (χ2n) is 6.51. The minimum absolute atomic E-state index is 0.368. The van der Waals surface area contributed by atoms with E-state index >= 15 is 0 Å². The van der Waals surface area contributed by atoms with E-state index in [1.165, 1.54) is 0 Å². The monoisotopic (exact) mass is 200 g/mol. The van der Waals surface area contributed by atoms with Gasteiger partial charge in [-0.2, -0.15) is 0 Å². The molecule has 3 saturated carbocycles. The lowest BCUT2D eigenvalue weighted by Crippen LogP contribution is -2.55. The van der Waals surface area contributed by atoms with Crippen LogP contribution in [0.2, 0.25) is 0 Å².